The second kappa shape index (κ2) is 6.01. The molecule has 1 heterocycles. The molecule has 92 valence electrons. The Morgan fingerprint density at radius 1 is 1.24 bits per heavy atom. The van der Waals surface area contributed by atoms with Crippen LogP contribution in [0.2, 0.25) is 0 Å². The second-order valence-electron chi connectivity index (χ2n) is 4.49. The summed E-state index contributed by atoms with van der Waals surface area (Å²) in [5.41, 5.74) is 2.96. The van der Waals surface area contributed by atoms with Crippen LogP contribution in [0.5, 0.6) is 0 Å². The van der Waals surface area contributed by atoms with Crippen molar-refractivity contribution in [2.24, 2.45) is 0 Å². The first-order valence-corrected chi connectivity index (χ1v) is 6.81. The maximum Gasteiger partial charge on any atom is 0.168 e. The van der Waals surface area contributed by atoms with Crippen LogP contribution in [-0.4, -0.2) is 29.6 Å². The van der Waals surface area contributed by atoms with Gasteiger partial charge in [-0.1, -0.05) is 31.2 Å². The molecule has 0 spiro atoms. The predicted octanol–water partition coefficient (Wildman–Crippen LogP) is 2.37. The summed E-state index contributed by atoms with van der Waals surface area (Å²) in [4.78, 5) is 2.30. The maximum atomic E-state index is 5.43. The van der Waals surface area contributed by atoms with E-state index < -0.39 is 0 Å². The molecule has 0 aromatic heterocycles. The van der Waals surface area contributed by atoms with E-state index in [-0.39, 0.29) is 0 Å². The number of hydrogen-bond acceptors (Lipinski definition) is 1. The summed E-state index contributed by atoms with van der Waals surface area (Å²) in [6.07, 6.45) is 3.32. The van der Waals surface area contributed by atoms with Crippen LogP contribution in [0, 0.1) is 0 Å². The molecule has 0 unspecified atom stereocenters. The van der Waals surface area contributed by atoms with Crippen LogP contribution in [0.4, 0.5) is 0 Å². The number of benzene rings is 1. The monoisotopic (exact) mass is 248 g/mol. The lowest BCUT2D eigenvalue weighted by molar-refractivity contribution is 0.431. The number of nitrogens with zero attached hydrogens (tertiary/aromatic N) is 1. The van der Waals surface area contributed by atoms with E-state index in [1.54, 1.807) is 0 Å². The highest BCUT2D eigenvalue weighted by molar-refractivity contribution is 7.80. The molecule has 0 saturated carbocycles. The van der Waals surface area contributed by atoms with E-state index in [1.807, 2.05) is 0 Å². The third-order valence-electron chi connectivity index (χ3n) is 3.23. The van der Waals surface area contributed by atoms with Gasteiger partial charge in [0, 0.05) is 19.6 Å². The second-order valence-corrected chi connectivity index (χ2v) is 4.87. The van der Waals surface area contributed by atoms with Gasteiger partial charge in [-0.05, 0) is 42.6 Å². The lowest BCUT2D eigenvalue weighted by Gasteiger charge is -2.23. The third kappa shape index (κ3) is 3.19. The summed E-state index contributed by atoms with van der Waals surface area (Å²) in [7, 11) is 0. The zero-order chi connectivity index (χ0) is 12.1. The topological polar surface area (TPSA) is 15.3 Å². The van der Waals surface area contributed by atoms with Crippen LogP contribution in [0.25, 0.3) is 0 Å². The first-order chi connectivity index (χ1) is 8.31. The first kappa shape index (κ1) is 12.4. The van der Waals surface area contributed by atoms with Gasteiger partial charge in [0.2, 0.25) is 0 Å². The van der Waals surface area contributed by atoms with Crippen LogP contribution < -0.4 is 5.32 Å². The largest absolute Gasteiger partial charge is 0.363 e. The fourth-order valence-electron chi connectivity index (χ4n) is 2.21. The molecule has 2 rings (SSSR count). The van der Waals surface area contributed by atoms with Crippen molar-refractivity contribution < 1.29 is 0 Å². The summed E-state index contributed by atoms with van der Waals surface area (Å²) < 4.78 is 0. The quantitative estimate of drug-likeness (QED) is 0.809. The van der Waals surface area contributed by atoms with E-state index in [4.69, 9.17) is 12.2 Å². The summed E-state index contributed by atoms with van der Waals surface area (Å²) in [5, 5.41) is 4.23. The molecule has 3 heteroatoms. The molecule has 0 amide bonds. The van der Waals surface area contributed by atoms with Gasteiger partial charge in [0.15, 0.2) is 5.11 Å². The molecule has 0 atom stereocenters. The van der Waals surface area contributed by atoms with Crippen LogP contribution in [0.15, 0.2) is 24.3 Å². The molecule has 0 fully saturated rings. The molecule has 0 saturated heterocycles. The van der Waals surface area contributed by atoms with E-state index in [0.717, 1.165) is 44.0 Å². The van der Waals surface area contributed by atoms with Crippen LogP contribution in [0.1, 0.15) is 24.5 Å². The van der Waals surface area contributed by atoms with Crippen molar-refractivity contribution in [1.29, 1.82) is 0 Å². The van der Waals surface area contributed by atoms with Crippen molar-refractivity contribution in [3.63, 3.8) is 0 Å². The minimum atomic E-state index is 0.916. The molecular formula is C14H20N2S. The molecule has 17 heavy (non-hydrogen) atoms. The number of hydrogen-bond donors (Lipinski definition) is 1. The van der Waals surface area contributed by atoms with Gasteiger partial charge in [0.05, 0.1) is 0 Å². The number of fused-ring (bicyclic) bond motifs is 1. The molecule has 0 aliphatic carbocycles. The van der Waals surface area contributed by atoms with Crippen LogP contribution in [-0.2, 0) is 12.8 Å². The third-order valence-corrected chi connectivity index (χ3v) is 3.64. The van der Waals surface area contributed by atoms with Gasteiger partial charge in [-0.3, -0.25) is 0 Å². The highest BCUT2D eigenvalue weighted by Gasteiger charge is 2.14. The van der Waals surface area contributed by atoms with Gasteiger partial charge in [-0.25, -0.2) is 0 Å². The van der Waals surface area contributed by atoms with E-state index in [2.05, 4.69) is 41.4 Å². The van der Waals surface area contributed by atoms with Gasteiger partial charge < -0.3 is 10.2 Å². The predicted molar refractivity (Wildman–Crippen MR) is 76.3 cm³/mol. The molecule has 1 aromatic carbocycles. The van der Waals surface area contributed by atoms with Crippen molar-refractivity contribution in [2.45, 2.75) is 26.2 Å². The van der Waals surface area contributed by atoms with Crippen molar-refractivity contribution in [3.05, 3.63) is 35.4 Å². The lowest BCUT2D eigenvalue weighted by atomic mass is 10.0. The smallest absolute Gasteiger partial charge is 0.168 e. The Morgan fingerprint density at radius 3 is 2.35 bits per heavy atom. The normalized spacial score (nSPS) is 15.0. The molecule has 1 aliphatic rings. The van der Waals surface area contributed by atoms with E-state index >= 15 is 0 Å². The summed E-state index contributed by atoms with van der Waals surface area (Å²) in [5.74, 6) is 0. The molecule has 1 aromatic rings. The SMILES string of the molecule is CCCNC(=S)N1CCc2ccccc2CC1. The average molecular weight is 248 g/mol. The Balaban J connectivity index is 1.97. The summed E-state index contributed by atoms with van der Waals surface area (Å²) >= 11 is 5.43. The van der Waals surface area contributed by atoms with Crippen molar-refractivity contribution in [3.8, 4) is 0 Å². The van der Waals surface area contributed by atoms with Gasteiger partial charge in [0.25, 0.3) is 0 Å². The Hall–Kier alpha value is -1.09. The highest BCUT2D eigenvalue weighted by Crippen LogP contribution is 2.15. The molecule has 2 nitrogen and oxygen atoms in total. The average Bonchev–Trinajstić information content (AvgIpc) is 2.58. The Kier molecular flexibility index (Phi) is 4.37. The Morgan fingerprint density at radius 2 is 1.82 bits per heavy atom. The van der Waals surface area contributed by atoms with Gasteiger partial charge >= 0.3 is 0 Å². The van der Waals surface area contributed by atoms with Gasteiger partial charge in [0.1, 0.15) is 0 Å². The van der Waals surface area contributed by atoms with Crippen LogP contribution >= 0.6 is 12.2 Å². The Labute approximate surface area is 109 Å². The lowest BCUT2D eigenvalue weighted by Crippen LogP contribution is -2.41. The molecule has 1 N–H and O–H groups in total. The summed E-state index contributed by atoms with van der Waals surface area (Å²) in [6.45, 7) is 5.20. The summed E-state index contributed by atoms with van der Waals surface area (Å²) in [6, 6.07) is 8.73. The van der Waals surface area contributed by atoms with E-state index in [1.165, 1.54) is 11.1 Å². The van der Waals surface area contributed by atoms with Crippen molar-refractivity contribution in [1.82, 2.24) is 10.2 Å². The van der Waals surface area contributed by atoms with Crippen molar-refractivity contribution in [2.75, 3.05) is 19.6 Å². The van der Waals surface area contributed by atoms with E-state index in [0.29, 0.717) is 0 Å². The fraction of sp³-hybridized carbons (Fsp3) is 0.500. The number of rotatable bonds is 2. The van der Waals surface area contributed by atoms with Crippen LogP contribution in [0.3, 0.4) is 0 Å². The number of nitrogens with one attached hydrogen (secondary N) is 1. The standard InChI is InChI=1S/C14H20N2S/c1-2-9-15-14(17)16-10-7-12-5-3-4-6-13(12)8-11-16/h3-6H,2,7-11H2,1H3,(H,15,17). The van der Waals surface area contributed by atoms with E-state index in [9.17, 15) is 0 Å². The molecular weight excluding hydrogens is 228 g/mol. The Bertz CT molecular complexity index is 363. The number of thiocarbonyl (C=S) groups is 1. The minimum Gasteiger partial charge on any atom is -0.363 e. The maximum absolute atomic E-state index is 5.43. The highest BCUT2D eigenvalue weighted by atomic mass is 32.1. The minimum absolute atomic E-state index is 0.916. The van der Waals surface area contributed by atoms with Gasteiger partial charge in [-0.15, -0.1) is 0 Å². The van der Waals surface area contributed by atoms with Gasteiger partial charge in [-0.2, -0.15) is 0 Å². The zero-order valence-corrected chi connectivity index (χ0v) is 11.2. The molecule has 0 radical (unpaired) electrons. The fourth-order valence-corrected chi connectivity index (χ4v) is 2.50. The molecule has 1 aliphatic heterocycles. The zero-order valence-electron chi connectivity index (χ0n) is 10.4. The van der Waals surface area contributed by atoms with Crippen molar-refractivity contribution >= 4 is 17.3 Å². The first-order valence-electron chi connectivity index (χ1n) is 6.41. The molecule has 0 bridgehead atoms.